The SMILES string of the molecule is CCOC(=O)c1cnc(NC(C)CCOC)nc1C. The average molecular weight is 267 g/mol. The second-order valence-corrected chi connectivity index (χ2v) is 4.24. The quantitative estimate of drug-likeness (QED) is 0.759. The minimum Gasteiger partial charge on any atom is -0.462 e. The van der Waals surface area contributed by atoms with Gasteiger partial charge in [0, 0.05) is 26.0 Å². The van der Waals surface area contributed by atoms with Gasteiger partial charge in [-0.1, -0.05) is 0 Å². The van der Waals surface area contributed by atoms with E-state index in [0.29, 0.717) is 30.4 Å². The van der Waals surface area contributed by atoms with Gasteiger partial charge in [-0.2, -0.15) is 0 Å². The molecule has 0 aliphatic rings. The normalized spacial score (nSPS) is 12.0. The third-order valence-corrected chi connectivity index (χ3v) is 2.61. The number of nitrogens with one attached hydrogen (secondary N) is 1. The summed E-state index contributed by atoms with van der Waals surface area (Å²) in [4.78, 5) is 20.0. The Morgan fingerprint density at radius 2 is 2.26 bits per heavy atom. The highest BCUT2D eigenvalue weighted by Crippen LogP contribution is 2.10. The molecule has 0 saturated carbocycles. The summed E-state index contributed by atoms with van der Waals surface area (Å²) in [6.45, 7) is 6.57. The molecule has 0 spiro atoms. The maximum atomic E-state index is 11.6. The Balaban J connectivity index is 2.68. The van der Waals surface area contributed by atoms with E-state index in [0.717, 1.165) is 6.42 Å². The molecule has 6 nitrogen and oxygen atoms in total. The smallest absolute Gasteiger partial charge is 0.341 e. The van der Waals surface area contributed by atoms with E-state index in [1.807, 2.05) is 6.92 Å². The Morgan fingerprint density at radius 1 is 1.53 bits per heavy atom. The van der Waals surface area contributed by atoms with Gasteiger partial charge in [0.05, 0.1) is 17.9 Å². The van der Waals surface area contributed by atoms with Gasteiger partial charge in [-0.25, -0.2) is 14.8 Å². The number of ether oxygens (including phenoxy) is 2. The molecule has 19 heavy (non-hydrogen) atoms. The highest BCUT2D eigenvalue weighted by Gasteiger charge is 2.13. The summed E-state index contributed by atoms with van der Waals surface area (Å²) in [5, 5.41) is 3.16. The van der Waals surface area contributed by atoms with Gasteiger partial charge in [-0.15, -0.1) is 0 Å². The molecule has 1 N–H and O–H groups in total. The van der Waals surface area contributed by atoms with Crippen LogP contribution in [0.5, 0.6) is 0 Å². The second-order valence-electron chi connectivity index (χ2n) is 4.24. The van der Waals surface area contributed by atoms with Crippen LogP contribution in [-0.2, 0) is 9.47 Å². The topological polar surface area (TPSA) is 73.3 Å². The first-order valence-electron chi connectivity index (χ1n) is 6.34. The lowest BCUT2D eigenvalue weighted by molar-refractivity contribution is 0.0524. The lowest BCUT2D eigenvalue weighted by atomic mass is 10.2. The van der Waals surface area contributed by atoms with Crippen LogP contribution in [0.15, 0.2) is 6.20 Å². The molecule has 1 rings (SSSR count). The number of aryl methyl sites for hydroxylation is 1. The number of hydrogen-bond acceptors (Lipinski definition) is 6. The summed E-state index contributed by atoms with van der Waals surface area (Å²) in [6.07, 6.45) is 2.35. The van der Waals surface area contributed by atoms with Gasteiger partial charge in [-0.05, 0) is 27.2 Å². The van der Waals surface area contributed by atoms with Crippen LogP contribution in [0.4, 0.5) is 5.95 Å². The maximum absolute atomic E-state index is 11.6. The predicted octanol–water partition coefficient (Wildman–Crippen LogP) is 1.80. The van der Waals surface area contributed by atoms with Gasteiger partial charge >= 0.3 is 5.97 Å². The molecule has 0 amide bonds. The number of esters is 1. The van der Waals surface area contributed by atoms with Crippen LogP contribution < -0.4 is 5.32 Å². The number of methoxy groups -OCH3 is 1. The van der Waals surface area contributed by atoms with Crippen molar-refractivity contribution in [2.24, 2.45) is 0 Å². The number of nitrogens with zero attached hydrogens (tertiary/aromatic N) is 2. The molecule has 6 heteroatoms. The molecule has 1 aromatic rings. The minimum atomic E-state index is -0.390. The zero-order chi connectivity index (χ0) is 14.3. The van der Waals surface area contributed by atoms with E-state index in [2.05, 4.69) is 15.3 Å². The largest absolute Gasteiger partial charge is 0.462 e. The van der Waals surface area contributed by atoms with Crippen LogP contribution in [0.2, 0.25) is 0 Å². The molecule has 1 unspecified atom stereocenters. The Labute approximate surface area is 113 Å². The lowest BCUT2D eigenvalue weighted by Gasteiger charge is -2.14. The standard InChI is InChI=1S/C13H21N3O3/c1-5-19-12(17)11-8-14-13(16-10(11)3)15-9(2)6-7-18-4/h8-9H,5-7H2,1-4H3,(H,14,15,16). The zero-order valence-corrected chi connectivity index (χ0v) is 11.9. The van der Waals surface area contributed by atoms with E-state index >= 15 is 0 Å². The molecule has 0 aromatic carbocycles. The molecule has 106 valence electrons. The highest BCUT2D eigenvalue weighted by molar-refractivity contribution is 5.90. The Hall–Kier alpha value is -1.69. The summed E-state index contributed by atoms with van der Waals surface area (Å²) < 4.78 is 9.94. The van der Waals surface area contributed by atoms with E-state index < -0.39 is 0 Å². The first kappa shape index (κ1) is 15.4. The monoisotopic (exact) mass is 267 g/mol. The van der Waals surface area contributed by atoms with E-state index in [1.165, 1.54) is 6.20 Å². The number of anilines is 1. The van der Waals surface area contributed by atoms with Crippen LogP contribution in [0.1, 0.15) is 36.3 Å². The Bertz CT molecular complexity index is 424. The molecule has 1 aromatic heterocycles. The summed E-state index contributed by atoms with van der Waals surface area (Å²) in [7, 11) is 1.67. The number of aromatic nitrogens is 2. The summed E-state index contributed by atoms with van der Waals surface area (Å²) in [5.41, 5.74) is 1.01. The third-order valence-electron chi connectivity index (χ3n) is 2.61. The molecule has 0 saturated heterocycles. The second kappa shape index (κ2) is 7.68. The fourth-order valence-electron chi connectivity index (χ4n) is 1.53. The van der Waals surface area contributed by atoms with Gasteiger partial charge in [0.2, 0.25) is 5.95 Å². The van der Waals surface area contributed by atoms with Gasteiger partial charge in [0.25, 0.3) is 0 Å². The minimum absolute atomic E-state index is 0.202. The summed E-state index contributed by atoms with van der Waals surface area (Å²) in [5.74, 6) is 0.119. The van der Waals surface area contributed by atoms with Crippen molar-refractivity contribution in [2.75, 3.05) is 25.6 Å². The van der Waals surface area contributed by atoms with Gasteiger partial charge in [0.1, 0.15) is 0 Å². The number of rotatable bonds is 7. The molecule has 1 atom stereocenters. The Kier molecular flexibility index (Phi) is 6.21. The summed E-state index contributed by atoms with van der Waals surface area (Å²) >= 11 is 0. The first-order chi connectivity index (χ1) is 9.08. The molecule has 0 fully saturated rings. The van der Waals surface area contributed by atoms with Gasteiger partial charge < -0.3 is 14.8 Å². The first-order valence-corrected chi connectivity index (χ1v) is 6.34. The van der Waals surface area contributed by atoms with Gasteiger partial charge in [-0.3, -0.25) is 0 Å². The van der Waals surface area contributed by atoms with E-state index in [1.54, 1.807) is 21.0 Å². The van der Waals surface area contributed by atoms with Crippen LogP contribution in [0.3, 0.4) is 0 Å². The molecular weight excluding hydrogens is 246 g/mol. The van der Waals surface area contributed by atoms with Crippen molar-refractivity contribution in [1.82, 2.24) is 9.97 Å². The van der Waals surface area contributed by atoms with Crippen molar-refractivity contribution in [1.29, 1.82) is 0 Å². The van der Waals surface area contributed by atoms with Crippen LogP contribution in [0.25, 0.3) is 0 Å². The van der Waals surface area contributed by atoms with Crippen LogP contribution in [-0.4, -0.2) is 42.3 Å². The van der Waals surface area contributed by atoms with E-state index in [9.17, 15) is 4.79 Å². The van der Waals surface area contributed by atoms with Crippen molar-refractivity contribution in [2.45, 2.75) is 33.2 Å². The molecule has 1 heterocycles. The number of carbonyl (C=O) groups excluding carboxylic acids is 1. The highest BCUT2D eigenvalue weighted by atomic mass is 16.5. The van der Waals surface area contributed by atoms with Crippen molar-refractivity contribution < 1.29 is 14.3 Å². The van der Waals surface area contributed by atoms with E-state index in [-0.39, 0.29) is 12.0 Å². The summed E-state index contributed by atoms with van der Waals surface area (Å²) in [6, 6.07) is 0.202. The maximum Gasteiger partial charge on any atom is 0.341 e. The van der Waals surface area contributed by atoms with Crippen molar-refractivity contribution >= 4 is 11.9 Å². The molecule has 0 aliphatic heterocycles. The van der Waals surface area contributed by atoms with Crippen molar-refractivity contribution in [3.05, 3.63) is 17.5 Å². The predicted molar refractivity (Wildman–Crippen MR) is 72.3 cm³/mol. The molecule has 0 bridgehead atoms. The molecule has 0 aliphatic carbocycles. The van der Waals surface area contributed by atoms with Crippen molar-refractivity contribution in [3.8, 4) is 0 Å². The number of carbonyl (C=O) groups is 1. The fraction of sp³-hybridized carbons (Fsp3) is 0.615. The van der Waals surface area contributed by atoms with Crippen LogP contribution in [0, 0.1) is 6.92 Å². The fourth-order valence-corrected chi connectivity index (χ4v) is 1.53. The molecule has 0 radical (unpaired) electrons. The lowest BCUT2D eigenvalue weighted by Crippen LogP contribution is -2.20. The average Bonchev–Trinajstić information content (AvgIpc) is 2.36. The van der Waals surface area contributed by atoms with Gasteiger partial charge in [0.15, 0.2) is 0 Å². The Morgan fingerprint density at radius 3 is 2.84 bits per heavy atom. The zero-order valence-electron chi connectivity index (χ0n) is 11.9. The third kappa shape index (κ3) is 4.82. The molecular formula is C13H21N3O3. The number of hydrogen-bond donors (Lipinski definition) is 1. The van der Waals surface area contributed by atoms with Crippen molar-refractivity contribution in [3.63, 3.8) is 0 Å². The van der Waals surface area contributed by atoms with Crippen LogP contribution >= 0.6 is 0 Å². The van der Waals surface area contributed by atoms with E-state index in [4.69, 9.17) is 9.47 Å².